The van der Waals surface area contributed by atoms with Crippen LogP contribution in [0.15, 0.2) is 53.6 Å². The second-order valence-corrected chi connectivity index (χ2v) is 4.67. The third-order valence-electron chi connectivity index (χ3n) is 2.86. The predicted octanol–water partition coefficient (Wildman–Crippen LogP) is 2.94. The van der Waals surface area contributed by atoms with Gasteiger partial charge in [0.15, 0.2) is 6.61 Å². The maximum Gasteiger partial charge on any atom is 0.416 e. The number of hydrogen-bond acceptors (Lipinski definition) is 4. The summed E-state index contributed by atoms with van der Waals surface area (Å²) in [7, 11) is 0. The highest BCUT2D eigenvalue weighted by Gasteiger charge is 2.30. The molecule has 2 N–H and O–H groups in total. The lowest BCUT2D eigenvalue weighted by Gasteiger charge is -2.09. The molecule has 0 saturated heterocycles. The van der Waals surface area contributed by atoms with E-state index in [0.29, 0.717) is 5.56 Å². The quantitative estimate of drug-likeness (QED) is 0.650. The minimum absolute atomic E-state index is 0.00397. The van der Waals surface area contributed by atoms with E-state index in [1.54, 1.807) is 18.2 Å². The van der Waals surface area contributed by atoms with E-state index >= 15 is 0 Å². The Kier molecular flexibility index (Phi) is 5.41. The maximum atomic E-state index is 12.6. The van der Waals surface area contributed by atoms with Gasteiger partial charge in [-0.05, 0) is 30.3 Å². The molecule has 0 aromatic heterocycles. The van der Waals surface area contributed by atoms with Crippen LogP contribution in [0.2, 0.25) is 0 Å². The van der Waals surface area contributed by atoms with E-state index in [-0.39, 0.29) is 11.5 Å². The van der Waals surface area contributed by atoms with Crippen LogP contribution >= 0.6 is 0 Å². The summed E-state index contributed by atoms with van der Waals surface area (Å²) in [6, 6.07) is 10.6. The average molecular weight is 338 g/mol. The second-order valence-electron chi connectivity index (χ2n) is 4.67. The molecule has 126 valence electrons. The number of aromatic hydroxyl groups is 1. The smallest absolute Gasteiger partial charge is 0.416 e. The molecule has 2 aromatic carbocycles. The summed E-state index contributed by atoms with van der Waals surface area (Å²) in [6.45, 7) is -0.501. The van der Waals surface area contributed by atoms with E-state index in [0.717, 1.165) is 12.1 Å². The zero-order valence-electron chi connectivity index (χ0n) is 12.2. The fraction of sp³-hybridized carbons (Fsp3) is 0.125. The summed E-state index contributed by atoms with van der Waals surface area (Å²) in [5, 5.41) is 13.1. The minimum atomic E-state index is -4.48. The number of benzene rings is 2. The summed E-state index contributed by atoms with van der Waals surface area (Å²) in [5.74, 6) is -0.737. The SMILES string of the molecule is O=C(COc1cccc(C(F)(F)F)c1)N/N=C\c1ccccc1O. The van der Waals surface area contributed by atoms with Crippen molar-refractivity contribution in [3.63, 3.8) is 0 Å². The number of amides is 1. The Morgan fingerprint density at radius 1 is 1.21 bits per heavy atom. The fourth-order valence-electron chi connectivity index (χ4n) is 1.71. The largest absolute Gasteiger partial charge is 0.507 e. The normalized spacial score (nSPS) is 11.5. The first kappa shape index (κ1) is 17.3. The Bertz CT molecular complexity index is 745. The summed E-state index contributed by atoms with van der Waals surface area (Å²) < 4.78 is 42.7. The van der Waals surface area contributed by atoms with E-state index in [1.165, 1.54) is 24.4 Å². The van der Waals surface area contributed by atoms with Gasteiger partial charge in [0.05, 0.1) is 11.8 Å². The van der Waals surface area contributed by atoms with E-state index in [9.17, 15) is 23.1 Å². The average Bonchev–Trinajstić information content (AvgIpc) is 2.54. The van der Waals surface area contributed by atoms with Gasteiger partial charge in [-0.3, -0.25) is 4.79 Å². The third-order valence-corrected chi connectivity index (χ3v) is 2.86. The van der Waals surface area contributed by atoms with Gasteiger partial charge in [-0.25, -0.2) is 5.43 Å². The number of para-hydroxylation sites is 1. The van der Waals surface area contributed by atoms with Crippen LogP contribution in [0.1, 0.15) is 11.1 Å². The van der Waals surface area contributed by atoms with E-state index < -0.39 is 24.3 Å². The number of nitrogens with one attached hydrogen (secondary N) is 1. The van der Waals surface area contributed by atoms with Gasteiger partial charge in [0.2, 0.25) is 0 Å². The molecular weight excluding hydrogens is 325 g/mol. The van der Waals surface area contributed by atoms with Gasteiger partial charge < -0.3 is 9.84 Å². The monoisotopic (exact) mass is 338 g/mol. The maximum absolute atomic E-state index is 12.6. The summed E-state index contributed by atoms with van der Waals surface area (Å²) in [5.41, 5.74) is 1.68. The van der Waals surface area contributed by atoms with Crippen LogP contribution in [0.3, 0.4) is 0 Å². The van der Waals surface area contributed by atoms with E-state index in [1.807, 2.05) is 0 Å². The van der Waals surface area contributed by atoms with E-state index in [4.69, 9.17) is 4.74 Å². The van der Waals surface area contributed by atoms with Crippen molar-refractivity contribution in [3.05, 3.63) is 59.7 Å². The number of phenols is 1. The number of carbonyl (C=O) groups excluding carboxylic acids is 1. The molecular formula is C16H13F3N2O3. The number of halogens is 3. The number of phenolic OH excluding ortho intramolecular Hbond substituents is 1. The minimum Gasteiger partial charge on any atom is -0.507 e. The van der Waals surface area contributed by atoms with Crippen LogP contribution in [-0.4, -0.2) is 23.8 Å². The molecule has 5 nitrogen and oxygen atoms in total. The molecule has 24 heavy (non-hydrogen) atoms. The highest BCUT2D eigenvalue weighted by molar-refractivity contribution is 5.85. The van der Waals surface area contributed by atoms with Crippen molar-refractivity contribution in [1.82, 2.24) is 5.43 Å². The first-order valence-electron chi connectivity index (χ1n) is 6.76. The Balaban J connectivity index is 1.87. The van der Waals surface area contributed by atoms with Crippen molar-refractivity contribution < 1.29 is 27.8 Å². The number of nitrogens with zero attached hydrogens (tertiary/aromatic N) is 1. The Morgan fingerprint density at radius 3 is 2.67 bits per heavy atom. The van der Waals surface area contributed by atoms with Gasteiger partial charge in [0.25, 0.3) is 5.91 Å². The molecule has 0 aliphatic carbocycles. The van der Waals surface area contributed by atoms with E-state index in [2.05, 4.69) is 10.5 Å². The zero-order chi connectivity index (χ0) is 17.6. The van der Waals surface area contributed by atoms with Crippen molar-refractivity contribution in [3.8, 4) is 11.5 Å². The number of ether oxygens (including phenoxy) is 1. The van der Waals surface area contributed by atoms with Crippen molar-refractivity contribution in [2.75, 3.05) is 6.61 Å². The molecule has 2 rings (SSSR count). The molecule has 0 aliphatic heterocycles. The van der Waals surface area contributed by atoms with Crippen LogP contribution in [0, 0.1) is 0 Å². The third kappa shape index (κ3) is 5.01. The molecule has 0 fully saturated rings. The molecule has 2 aromatic rings. The zero-order valence-corrected chi connectivity index (χ0v) is 12.2. The molecule has 0 spiro atoms. The van der Waals surface area contributed by atoms with Crippen LogP contribution in [0.4, 0.5) is 13.2 Å². The van der Waals surface area contributed by atoms with Gasteiger partial charge in [-0.1, -0.05) is 18.2 Å². The summed E-state index contributed by atoms with van der Waals surface area (Å²) in [6.07, 6.45) is -3.25. The lowest BCUT2D eigenvalue weighted by atomic mass is 10.2. The highest BCUT2D eigenvalue weighted by Crippen LogP contribution is 2.31. The number of hydrazone groups is 1. The number of alkyl halides is 3. The molecule has 0 heterocycles. The van der Waals surface area contributed by atoms with Crippen LogP contribution in [0.25, 0.3) is 0 Å². The lowest BCUT2D eigenvalue weighted by Crippen LogP contribution is -2.24. The summed E-state index contributed by atoms with van der Waals surface area (Å²) >= 11 is 0. The first-order chi connectivity index (χ1) is 11.4. The molecule has 0 saturated carbocycles. The van der Waals surface area contributed by atoms with Crippen molar-refractivity contribution >= 4 is 12.1 Å². The highest BCUT2D eigenvalue weighted by atomic mass is 19.4. The number of carbonyl (C=O) groups is 1. The topological polar surface area (TPSA) is 70.9 Å². The van der Waals surface area contributed by atoms with Crippen LogP contribution in [-0.2, 0) is 11.0 Å². The van der Waals surface area contributed by atoms with Gasteiger partial charge in [0, 0.05) is 5.56 Å². The van der Waals surface area contributed by atoms with Crippen LogP contribution < -0.4 is 10.2 Å². The lowest BCUT2D eigenvalue weighted by molar-refractivity contribution is -0.137. The molecule has 0 aliphatic rings. The Hall–Kier alpha value is -3.03. The molecule has 0 unspecified atom stereocenters. The standard InChI is InChI=1S/C16H13F3N2O3/c17-16(18,19)12-5-3-6-13(8-12)24-10-15(23)21-20-9-11-4-1-2-7-14(11)22/h1-9,22H,10H2,(H,21,23)/b20-9-. The number of hydrogen-bond donors (Lipinski definition) is 2. The van der Waals surface area contributed by atoms with Gasteiger partial charge in [-0.15, -0.1) is 0 Å². The molecule has 8 heteroatoms. The number of rotatable bonds is 5. The van der Waals surface area contributed by atoms with Crippen molar-refractivity contribution in [2.45, 2.75) is 6.18 Å². The van der Waals surface area contributed by atoms with Gasteiger partial charge in [-0.2, -0.15) is 18.3 Å². The van der Waals surface area contributed by atoms with Crippen molar-refractivity contribution in [1.29, 1.82) is 0 Å². The van der Waals surface area contributed by atoms with Gasteiger partial charge >= 0.3 is 6.18 Å². The summed E-state index contributed by atoms with van der Waals surface area (Å²) in [4.78, 5) is 11.5. The van der Waals surface area contributed by atoms with Crippen molar-refractivity contribution in [2.24, 2.45) is 5.10 Å². The predicted molar refractivity (Wildman–Crippen MR) is 80.8 cm³/mol. The Labute approximate surface area is 135 Å². The molecule has 1 amide bonds. The molecule has 0 atom stereocenters. The molecule has 0 radical (unpaired) electrons. The first-order valence-corrected chi connectivity index (χ1v) is 6.76. The van der Waals surface area contributed by atoms with Crippen LogP contribution in [0.5, 0.6) is 11.5 Å². The molecule has 0 bridgehead atoms. The van der Waals surface area contributed by atoms with Gasteiger partial charge in [0.1, 0.15) is 11.5 Å². The Morgan fingerprint density at radius 2 is 1.96 bits per heavy atom. The second kappa shape index (κ2) is 7.49. The fourth-order valence-corrected chi connectivity index (χ4v) is 1.71.